The van der Waals surface area contributed by atoms with Gasteiger partial charge in [0.05, 0.1) is 34.3 Å². The van der Waals surface area contributed by atoms with Gasteiger partial charge in [0, 0.05) is 11.6 Å². The molecule has 0 saturated carbocycles. The van der Waals surface area contributed by atoms with Crippen LogP contribution in [0, 0.1) is 24.0 Å². The van der Waals surface area contributed by atoms with Gasteiger partial charge in [-0.1, -0.05) is 18.2 Å². The van der Waals surface area contributed by atoms with Crippen molar-refractivity contribution in [1.29, 1.82) is 0 Å². The minimum atomic E-state index is -0.564. The van der Waals surface area contributed by atoms with E-state index in [1.807, 2.05) is 37.3 Å². The van der Waals surface area contributed by atoms with E-state index in [0.29, 0.717) is 18.0 Å². The molecule has 0 bridgehead atoms. The van der Waals surface area contributed by atoms with Gasteiger partial charge >= 0.3 is 5.69 Å². The zero-order chi connectivity index (χ0) is 20.3. The number of aromatic nitrogens is 2. The second-order valence-electron chi connectivity index (χ2n) is 6.12. The van der Waals surface area contributed by atoms with Crippen LogP contribution in [-0.4, -0.2) is 27.2 Å². The van der Waals surface area contributed by atoms with Gasteiger partial charge in [-0.05, 0) is 45.0 Å². The summed E-state index contributed by atoms with van der Waals surface area (Å²) in [4.78, 5) is 23.4. The van der Waals surface area contributed by atoms with Gasteiger partial charge in [0.15, 0.2) is 5.75 Å². The van der Waals surface area contributed by atoms with Crippen LogP contribution in [0.3, 0.4) is 0 Å². The third kappa shape index (κ3) is 3.71. The van der Waals surface area contributed by atoms with Crippen molar-refractivity contribution in [2.75, 3.05) is 11.9 Å². The Hall–Kier alpha value is -3.68. The van der Waals surface area contributed by atoms with Crippen LogP contribution < -0.4 is 10.1 Å². The van der Waals surface area contributed by atoms with Crippen molar-refractivity contribution in [3.63, 3.8) is 0 Å². The lowest BCUT2D eigenvalue weighted by Gasteiger charge is -2.09. The van der Waals surface area contributed by atoms with E-state index in [4.69, 9.17) is 4.74 Å². The number of aryl methyl sites for hydroxylation is 1. The number of nitrogens with one attached hydrogen (secondary N) is 1. The topological polar surface area (TPSA) is 99.3 Å². The van der Waals surface area contributed by atoms with Crippen LogP contribution in [0.2, 0.25) is 0 Å². The smallest absolute Gasteiger partial charge is 0.311 e. The summed E-state index contributed by atoms with van der Waals surface area (Å²) >= 11 is 0. The van der Waals surface area contributed by atoms with E-state index in [9.17, 15) is 14.9 Å². The molecule has 0 aliphatic heterocycles. The van der Waals surface area contributed by atoms with Gasteiger partial charge in [-0.25, -0.2) is 4.68 Å². The number of ether oxygens (including phenoxy) is 1. The molecule has 0 aliphatic carbocycles. The second-order valence-corrected chi connectivity index (χ2v) is 6.12. The van der Waals surface area contributed by atoms with Crippen LogP contribution in [0.15, 0.2) is 48.5 Å². The number of para-hydroxylation sites is 1. The molecule has 0 unspecified atom stereocenters. The molecule has 1 aromatic heterocycles. The number of rotatable bonds is 6. The summed E-state index contributed by atoms with van der Waals surface area (Å²) in [6.07, 6.45) is 0. The van der Waals surface area contributed by atoms with Crippen LogP contribution in [0.4, 0.5) is 11.4 Å². The molecule has 0 atom stereocenters. The first-order valence-electron chi connectivity index (χ1n) is 8.76. The number of benzene rings is 2. The van der Waals surface area contributed by atoms with E-state index in [-0.39, 0.29) is 17.0 Å². The first-order valence-corrected chi connectivity index (χ1v) is 8.76. The molecule has 1 heterocycles. The third-order valence-electron chi connectivity index (χ3n) is 4.25. The maximum absolute atomic E-state index is 12.7. The lowest BCUT2D eigenvalue weighted by atomic mass is 10.1. The molecule has 0 saturated heterocycles. The number of nitrogens with zero attached hydrogens (tertiary/aromatic N) is 3. The van der Waals surface area contributed by atoms with Gasteiger partial charge in [-0.3, -0.25) is 14.9 Å². The number of nitro groups is 1. The third-order valence-corrected chi connectivity index (χ3v) is 4.25. The normalized spacial score (nSPS) is 10.5. The minimum Gasteiger partial charge on any atom is -0.487 e. The largest absolute Gasteiger partial charge is 0.487 e. The number of carbonyl (C=O) groups is 1. The summed E-state index contributed by atoms with van der Waals surface area (Å²) in [5, 5.41) is 18.6. The van der Waals surface area contributed by atoms with E-state index >= 15 is 0 Å². The first kappa shape index (κ1) is 19.1. The van der Waals surface area contributed by atoms with Gasteiger partial charge in [0.2, 0.25) is 0 Å². The highest BCUT2D eigenvalue weighted by molar-refractivity contribution is 6.05. The highest BCUT2D eigenvalue weighted by Gasteiger charge is 2.21. The van der Waals surface area contributed by atoms with Crippen molar-refractivity contribution in [3.05, 3.63) is 75.6 Å². The number of amides is 1. The summed E-state index contributed by atoms with van der Waals surface area (Å²) < 4.78 is 7.00. The SMILES string of the molecule is CCOc1ccc(C(=O)Nc2c(C)nn(-c3ccccc3)c2C)cc1[N+](=O)[O-]. The Morgan fingerprint density at radius 3 is 2.57 bits per heavy atom. The summed E-state index contributed by atoms with van der Waals surface area (Å²) in [6, 6.07) is 13.7. The van der Waals surface area contributed by atoms with Crippen LogP contribution in [-0.2, 0) is 0 Å². The van der Waals surface area contributed by atoms with Gasteiger partial charge < -0.3 is 10.1 Å². The van der Waals surface area contributed by atoms with Crippen molar-refractivity contribution in [2.24, 2.45) is 0 Å². The monoisotopic (exact) mass is 380 g/mol. The fourth-order valence-electron chi connectivity index (χ4n) is 2.91. The summed E-state index contributed by atoms with van der Waals surface area (Å²) in [6.45, 7) is 5.68. The Morgan fingerprint density at radius 1 is 1.21 bits per heavy atom. The van der Waals surface area contributed by atoms with Crippen LogP contribution in [0.25, 0.3) is 5.69 Å². The number of hydrogen-bond donors (Lipinski definition) is 1. The predicted molar refractivity (Wildman–Crippen MR) is 105 cm³/mol. The van der Waals surface area contributed by atoms with Gasteiger partial charge in [-0.2, -0.15) is 5.10 Å². The Bertz CT molecular complexity index is 1030. The number of carbonyl (C=O) groups excluding carboxylic acids is 1. The number of anilines is 1. The molecule has 2 aromatic carbocycles. The molecule has 3 aromatic rings. The quantitative estimate of drug-likeness (QED) is 0.514. The van der Waals surface area contributed by atoms with E-state index < -0.39 is 10.8 Å². The van der Waals surface area contributed by atoms with Crippen molar-refractivity contribution < 1.29 is 14.5 Å². The highest BCUT2D eigenvalue weighted by Crippen LogP contribution is 2.29. The van der Waals surface area contributed by atoms with E-state index in [1.54, 1.807) is 18.5 Å². The maximum Gasteiger partial charge on any atom is 0.311 e. The molecule has 144 valence electrons. The molecule has 1 N–H and O–H groups in total. The Kier molecular flexibility index (Phi) is 5.39. The molecule has 0 fully saturated rings. The average molecular weight is 380 g/mol. The van der Waals surface area contributed by atoms with Crippen LogP contribution in [0.5, 0.6) is 5.75 Å². The van der Waals surface area contributed by atoms with Crippen molar-refractivity contribution >= 4 is 17.3 Å². The average Bonchev–Trinajstić information content (AvgIpc) is 2.97. The second kappa shape index (κ2) is 7.91. The summed E-state index contributed by atoms with van der Waals surface area (Å²) in [5.74, 6) is -0.321. The van der Waals surface area contributed by atoms with Crippen LogP contribution >= 0.6 is 0 Å². The molecular weight excluding hydrogens is 360 g/mol. The number of nitro benzene ring substituents is 1. The summed E-state index contributed by atoms with van der Waals surface area (Å²) in [5.41, 5.74) is 2.78. The fraction of sp³-hybridized carbons (Fsp3) is 0.200. The lowest BCUT2D eigenvalue weighted by molar-refractivity contribution is -0.385. The highest BCUT2D eigenvalue weighted by atomic mass is 16.6. The molecule has 0 aliphatic rings. The van der Waals surface area contributed by atoms with Crippen molar-refractivity contribution in [2.45, 2.75) is 20.8 Å². The van der Waals surface area contributed by atoms with Gasteiger partial charge in [0.25, 0.3) is 5.91 Å². The molecule has 0 radical (unpaired) electrons. The fourth-order valence-corrected chi connectivity index (χ4v) is 2.91. The first-order chi connectivity index (χ1) is 13.4. The molecule has 28 heavy (non-hydrogen) atoms. The van der Waals surface area contributed by atoms with Crippen LogP contribution in [0.1, 0.15) is 28.7 Å². The predicted octanol–water partition coefficient (Wildman–Crippen LogP) is 4.05. The van der Waals surface area contributed by atoms with Crippen molar-refractivity contribution in [3.8, 4) is 11.4 Å². The molecular formula is C20H20N4O4. The van der Waals surface area contributed by atoms with Crippen molar-refractivity contribution in [1.82, 2.24) is 9.78 Å². The van der Waals surface area contributed by atoms with E-state index in [0.717, 1.165) is 11.4 Å². The van der Waals surface area contributed by atoms with E-state index in [1.165, 1.54) is 18.2 Å². The van der Waals surface area contributed by atoms with Gasteiger partial charge in [-0.15, -0.1) is 0 Å². The zero-order valence-corrected chi connectivity index (χ0v) is 15.8. The molecule has 8 heteroatoms. The summed E-state index contributed by atoms with van der Waals surface area (Å²) in [7, 11) is 0. The molecule has 3 rings (SSSR count). The molecule has 8 nitrogen and oxygen atoms in total. The Labute approximate surface area is 161 Å². The zero-order valence-electron chi connectivity index (χ0n) is 15.8. The maximum atomic E-state index is 12.7. The van der Waals surface area contributed by atoms with Gasteiger partial charge in [0.1, 0.15) is 0 Å². The Morgan fingerprint density at radius 2 is 1.93 bits per heavy atom. The molecule has 0 spiro atoms. The molecule has 1 amide bonds. The number of hydrogen-bond acceptors (Lipinski definition) is 5. The minimum absolute atomic E-state index is 0.133. The Balaban J connectivity index is 1.91. The standard InChI is InChI=1S/C20H20N4O4/c1-4-28-18-11-10-15(12-17(18)24(26)27)20(25)21-19-13(2)22-23(14(19)3)16-8-6-5-7-9-16/h5-12H,4H2,1-3H3,(H,21,25). The lowest BCUT2D eigenvalue weighted by Crippen LogP contribution is -2.14. The van der Waals surface area contributed by atoms with E-state index in [2.05, 4.69) is 10.4 Å².